The zero-order chi connectivity index (χ0) is 22.0. The highest BCUT2D eigenvalue weighted by Gasteiger charge is 2.33. The highest BCUT2D eigenvalue weighted by Crippen LogP contribution is 2.50. The van der Waals surface area contributed by atoms with Gasteiger partial charge in [-0.15, -0.1) is 0 Å². The number of para-hydroxylation sites is 1. The van der Waals surface area contributed by atoms with Crippen molar-refractivity contribution in [3.8, 4) is 0 Å². The van der Waals surface area contributed by atoms with Crippen molar-refractivity contribution in [1.82, 2.24) is 4.40 Å². The average molecular weight is 438 g/mol. The molecule has 2 atom stereocenters. The minimum absolute atomic E-state index is 0.204. The molecule has 34 heavy (non-hydrogen) atoms. The van der Waals surface area contributed by atoms with Crippen molar-refractivity contribution in [2.24, 2.45) is 0 Å². The molecule has 0 fully saturated rings. The lowest BCUT2D eigenvalue weighted by molar-refractivity contribution is 0.671. The molecule has 1 aliphatic heterocycles. The Hall–Kier alpha value is -4.44. The van der Waals surface area contributed by atoms with E-state index < -0.39 is 0 Å². The van der Waals surface area contributed by atoms with E-state index in [-0.39, 0.29) is 12.1 Å². The first-order valence-corrected chi connectivity index (χ1v) is 11.8. The van der Waals surface area contributed by atoms with Crippen LogP contribution in [0, 0.1) is 0 Å². The van der Waals surface area contributed by atoms with Crippen LogP contribution in [0.1, 0.15) is 0 Å². The Balaban J connectivity index is 1.56. The summed E-state index contributed by atoms with van der Waals surface area (Å²) in [6, 6.07) is 24.3. The molecular formula is C30H19N3O. The Morgan fingerprint density at radius 3 is 2.35 bits per heavy atom. The summed E-state index contributed by atoms with van der Waals surface area (Å²) in [7, 11) is 0. The third kappa shape index (κ3) is 1.88. The monoisotopic (exact) mass is 437 g/mol. The van der Waals surface area contributed by atoms with Gasteiger partial charge in [-0.1, -0.05) is 72.8 Å². The van der Waals surface area contributed by atoms with Crippen molar-refractivity contribution >= 4 is 71.4 Å². The minimum atomic E-state index is 0.204. The molecule has 3 aromatic heterocycles. The standard InChI is InChI=1S/C30H19N3O/c1-2-8-17-16(7-1)15-21-26-30(32-23-11-5-4-10-22(23)31-26)33-27(21)25(17)20-14-13-19-18-9-3-6-12-24(18)34-29(19)28(20)33/h1-15,22-23,31-32H. The summed E-state index contributed by atoms with van der Waals surface area (Å²) in [5.74, 6) is 1.11. The van der Waals surface area contributed by atoms with Gasteiger partial charge in [0, 0.05) is 26.9 Å². The maximum Gasteiger partial charge on any atom is 0.160 e. The molecule has 0 saturated heterocycles. The average Bonchev–Trinajstić information content (AvgIpc) is 3.53. The van der Waals surface area contributed by atoms with E-state index in [1.807, 2.05) is 6.07 Å². The number of furan rings is 1. The number of anilines is 2. The smallest absolute Gasteiger partial charge is 0.160 e. The fourth-order valence-corrected chi connectivity index (χ4v) is 6.30. The largest absolute Gasteiger partial charge is 0.454 e. The van der Waals surface area contributed by atoms with Gasteiger partial charge in [-0.05, 0) is 29.0 Å². The van der Waals surface area contributed by atoms with E-state index in [0.29, 0.717) is 0 Å². The molecule has 7 aromatic rings. The van der Waals surface area contributed by atoms with Crippen LogP contribution in [-0.2, 0) is 0 Å². The van der Waals surface area contributed by atoms with E-state index in [1.54, 1.807) is 0 Å². The first kappa shape index (κ1) is 17.1. The number of rotatable bonds is 0. The zero-order valence-electron chi connectivity index (χ0n) is 18.2. The molecular weight excluding hydrogens is 418 g/mol. The van der Waals surface area contributed by atoms with Crippen molar-refractivity contribution in [3.05, 3.63) is 91.0 Å². The third-order valence-electron chi connectivity index (χ3n) is 7.74. The number of aromatic nitrogens is 1. The van der Waals surface area contributed by atoms with Crippen LogP contribution in [0.25, 0.3) is 59.9 Å². The van der Waals surface area contributed by atoms with Crippen LogP contribution in [0.15, 0.2) is 95.5 Å². The number of nitrogens with zero attached hydrogens (tertiary/aromatic N) is 1. The molecule has 1 aliphatic carbocycles. The second-order valence-corrected chi connectivity index (χ2v) is 9.47. The van der Waals surface area contributed by atoms with Gasteiger partial charge in [-0.25, -0.2) is 0 Å². The van der Waals surface area contributed by atoms with Gasteiger partial charge in [0.1, 0.15) is 11.4 Å². The number of allylic oxidation sites excluding steroid dienone is 2. The van der Waals surface area contributed by atoms with Gasteiger partial charge in [0.05, 0.1) is 28.8 Å². The fraction of sp³-hybridized carbons (Fsp3) is 0.0667. The van der Waals surface area contributed by atoms with Gasteiger partial charge < -0.3 is 15.1 Å². The molecule has 0 amide bonds. The Kier molecular flexibility index (Phi) is 2.88. The predicted molar refractivity (Wildman–Crippen MR) is 141 cm³/mol. The molecule has 4 nitrogen and oxygen atoms in total. The first-order chi connectivity index (χ1) is 16.9. The number of fused-ring (bicyclic) bond motifs is 13. The van der Waals surface area contributed by atoms with E-state index in [1.165, 1.54) is 38.1 Å². The predicted octanol–water partition coefficient (Wildman–Crippen LogP) is 7.44. The molecule has 2 unspecified atom stereocenters. The Morgan fingerprint density at radius 1 is 0.676 bits per heavy atom. The van der Waals surface area contributed by atoms with E-state index in [2.05, 4.69) is 100 Å². The van der Waals surface area contributed by atoms with Crippen LogP contribution < -0.4 is 10.6 Å². The molecule has 2 aliphatic rings. The maximum absolute atomic E-state index is 6.54. The topological polar surface area (TPSA) is 41.6 Å². The Labute approximate surface area is 194 Å². The SMILES string of the molecule is C1=CC2Nc3c(n4c5c(ccc6c7ccccc7oc65)c5c6ccccc6cc3c54)NC2C=C1. The van der Waals surface area contributed by atoms with Crippen molar-refractivity contribution < 1.29 is 4.42 Å². The number of benzene rings is 4. The molecule has 4 aromatic carbocycles. The van der Waals surface area contributed by atoms with E-state index in [4.69, 9.17) is 4.42 Å². The number of hydrogen-bond donors (Lipinski definition) is 2. The van der Waals surface area contributed by atoms with E-state index >= 15 is 0 Å². The summed E-state index contributed by atoms with van der Waals surface area (Å²) >= 11 is 0. The van der Waals surface area contributed by atoms with Crippen LogP contribution >= 0.6 is 0 Å². The highest BCUT2D eigenvalue weighted by molar-refractivity contribution is 6.32. The molecule has 4 heterocycles. The second kappa shape index (κ2) is 5.72. The summed E-state index contributed by atoms with van der Waals surface area (Å²) in [6.07, 6.45) is 8.72. The van der Waals surface area contributed by atoms with Crippen LogP contribution in [0.5, 0.6) is 0 Å². The quantitative estimate of drug-likeness (QED) is 0.259. The summed E-state index contributed by atoms with van der Waals surface area (Å²) in [5, 5.41) is 16.3. The second-order valence-electron chi connectivity index (χ2n) is 9.47. The van der Waals surface area contributed by atoms with E-state index in [0.717, 1.165) is 33.3 Å². The number of hydrogen-bond acceptors (Lipinski definition) is 3. The molecule has 4 heteroatoms. The fourth-order valence-electron chi connectivity index (χ4n) is 6.30. The molecule has 0 bridgehead atoms. The lowest BCUT2D eigenvalue weighted by Crippen LogP contribution is -2.41. The van der Waals surface area contributed by atoms with Gasteiger partial charge in [0.2, 0.25) is 0 Å². The van der Waals surface area contributed by atoms with Gasteiger partial charge in [-0.2, -0.15) is 0 Å². The maximum atomic E-state index is 6.54. The van der Waals surface area contributed by atoms with Gasteiger partial charge in [-0.3, -0.25) is 4.40 Å². The van der Waals surface area contributed by atoms with Gasteiger partial charge in [0.15, 0.2) is 5.58 Å². The van der Waals surface area contributed by atoms with Crippen molar-refractivity contribution in [2.45, 2.75) is 12.1 Å². The lowest BCUT2D eigenvalue weighted by atomic mass is 9.98. The molecule has 2 N–H and O–H groups in total. The summed E-state index contributed by atoms with van der Waals surface area (Å²) in [5.41, 5.74) is 5.42. The summed E-state index contributed by atoms with van der Waals surface area (Å²) in [6.45, 7) is 0. The molecule has 0 spiro atoms. The Morgan fingerprint density at radius 2 is 1.44 bits per heavy atom. The van der Waals surface area contributed by atoms with E-state index in [9.17, 15) is 0 Å². The summed E-state index contributed by atoms with van der Waals surface area (Å²) < 4.78 is 8.95. The van der Waals surface area contributed by atoms with Crippen molar-refractivity contribution in [1.29, 1.82) is 0 Å². The van der Waals surface area contributed by atoms with Crippen molar-refractivity contribution in [2.75, 3.05) is 10.6 Å². The molecule has 0 radical (unpaired) electrons. The first-order valence-electron chi connectivity index (χ1n) is 11.8. The molecule has 160 valence electrons. The van der Waals surface area contributed by atoms with Crippen LogP contribution in [0.3, 0.4) is 0 Å². The van der Waals surface area contributed by atoms with Gasteiger partial charge >= 0.3 is 0 Å². The van der Waals surface area contributed by atoms with Crippen LogP contribution in [-0.4, -0.2) is 16.5 Å². The highest BCUT2D eigenvalue weighted by atomic mass is 16.3. The van der Waals surface area contributed by atoms with Crippen LogP contribution in [0.4, 0.5) is 11.5 Å². The molecule has 9 rings (SSSR count). The minimum Gasteiger partial charge on any atom is -0.454 e. The summed E-state index contributed by atoms with van der Waals surface area (Å²) in [4.78, 5) is 0. The normalized spacial score (nSPS) is 19.4. The van der Waals surface area contributed by atoms with Crippen molar-refractivity contribution in [3.63, 3.8) is 0 Å². The van der Waals surface area contributed by atoms with Crippen LogP contribution in [0.2, 0.25) is 0 Å². The molecule has 0 saturated carbocycles. The third-order valence-corrected chi connectivity index (χ3v) is 7.74. The number of nitrogens with one attached hydrogen (secondary N) is 2. The zero-order valence-corrected chi connectivity index (χ0v) is 18.2. The van der Waals surface area contributed by atoms with Gasteiger partial charge in [0.25, 0.3) is 0 Å². The Bertz CT molecular complexity index is 2040. The lowest BCUT2D eigenvalue weighted by Gasteiger charge is -2.33.